The molecule has 0 saturated carbocycles. The second kappa shape index (κ2) is 6.44. The molecule has 0 aliphatic rings. The van der Waals surface area contributed by atoms with E-state index in [1.54, 1.807) is 24.3 Å². The Balaban J connectivity index is 2.71. The third kappa shape index (κ3) is 4.34. The molecule has 1 aromatic carbocycles. The maximum absolute atomic E-state index is 11.1. The highest BCUT2D eigenvalue weighted by atomic mass is 16.4. The van der Waals surface area contributed by atoms with Gasteiger partial charge < -0.3 is 10.4 Å². The van der Waals surface area contributed by atoms with Crippen molar-refractivity contribution in [3.63, 3.8) is 0 Å². The molecule has 19 heavy (non-hydrogen) atoms. The van der Waals surface area contributed by atoms with Crippen LogP contribution < -0.4 is 5.32 Å². The minimum absolute atomic E-state index is 0.222. The van der Waals surface area contributed by atoms with Gasteiger partial charge in [-0.3, -0.25) is 14.6 Å². The predicted molar refractivity (Wildman–Crippen MR) is 70.4 cm³/mol. The van der Waals surface area contributed by atoms with Crippen LogP contribution in [0, 0.1) is 0 Å². The summed E-state index contributed by atoms with van der Waals surface area (Å²) in [5.41, 5.74) is 1.23. The van der Waals surface area contributed by atoms with E-state index in [1.165, 1.54) is 6.92 Å². The Labute approximate surface area is 110 Å². The number of hydrogen-bond donors (Lipinski definition) is 2. The first kappa shape index (κ1) is 14.6. The summed E-state index contributed by atoms with van der Waals surface area (Å²) in [5, 5.41) is 11.3. The van der Waals surface area contributed by atoms with Crippen molar-refractivity contribution in [1.29, 1.82) is 0 Å². The summed E-state index contributed by atoms with van der Waals surface area (Å²) < 4.78 is 0. The normalized spacial score (nSPS) is 11.4. The molecule has 0 fully saturated rings. The molecule has 0 aliphatic carbocycles. The number of benzene rings is 1. The zero-order valence-corrected chi connectivity index (χ0v) is 10.4. The molecular formula is C13H14N2O4. The molecule has 1 aromatic rings. The highest BCUT2D eigenvalue weighted by Gasteiger charge is 2.15. The van der Waals surface area contributed by atoms with Crippen molar-refractivity contribution < 1.29 is 19.5 Å². The van der Waals surface area contributed by atoms with Crippen LogP contribution in [0.5, 0.6) is 0 Å². The zero-order chi connectivity index (χ0) is 14.4. The van der Waals surface area contributed by atoms with Crippen molar-refractivity contribution in [2.45, 2.75) is 19.4 Å². The van der Waals surface area contributed by atoms with E-state index in [-0.39, 0.29) is 6.42 Å². The average molecular weight is 262 g/mol. The van der Waals surface area contributed by atoms with Crippen molar-refractivity contribution >= 4 is 30.1 Å². The molecule has 0 saturated heterocycles. The fourth-order valence-electron chi connectivity index (χ4n) is 1.40. The van der Waals surface area contributed by atoms with Gasteiger partial charge in [-0.25, -0.2) is 4.79 Å². The summed E-state index contributed by atoms with van der Waals surface area (Å²) in [6.45, 7) is 4.41. The summed E-state index contributed by atoms with van der Waals surface area (Å²) in [7, 11) is 0. The molecule has 1 amide bonds. The first-order valence-electron chi connectivity index (χ1n) is 5.53. The molecule has 1 rings (SSSR count). The number of carbonyl (C=O) groups excluding carboxylic acids is 2. The lowest BCUT2D eigenvalue weighted by Gasteiger charge is -2.08. The van der Waals surface area contributed by atoms with Crippen LogP contribution in [0.15, 0.2) is 29.3 Å². The highest BCUT2D eigenvalue weighted by Crippen LogP contribution is 2.12. The van der Waals surface area contributed by atoms with Gasteiger partial charge >= 0.3 is 5.97 Å². The standard InChI is InChI=1S/C13H14N2O4/c1-8(16)12(17)15-10-5-3-9(4-6-10)7-11(14-2)13(18)19/h3-6,11H,2,7H2,1H3,(H,15,17)(H,18,19)/t11-/m0/s1. The van der Waals surface area contributed by atoms with Crippen LogP contribution in [0.2, 0.25) is 0 Å². The number of carboxylic acid groups (broad SMARTS) is 1. The Bertz CT molecular complexity index is 508. The van der Waals surface area contributed by atoms with Crippen molar-refractivity contribution in [2.24, 2.45) is 4.99 Å². The Hall–Kier alpha value is -2.50. The number of carboxylic acids is 1. The highest BCUT2D eigenvalue weighted by molar-refractivity contribution is 6.39. The van der Waals surface area contributed by atoms with Gasteiger partial charge in [0.05, 0.1) is 0 Å². The molecule has 2 N–H and O–H groups in total. The lowest BCUT2D eigenvalue weighted by molar-refractivity contribution is -0.138. The van der Waals surface area contributed by atoms with E-state index in [0.717, 1.165) is 5.56 Å². The predicted octanol–water partition coefficient (Wildman–Crippen LogP) is 0.910. The van der Waals surface area contributed by atoms with Crippen LogP contribution >= 0.6 is 0 Å². The van der Waals surface area contributed by atoms with Gasteiger partial charge in [0.25, 0.3) is 5.91 Å². The minimum Gasteiger partial charge on any atom is -0.480 e. The van der Waals surface area contributed by atoms with Gasteiger partial charge in [0.2, 0.25) is 5.78 Å². The topological polar surface area (TPSA) is 95.8 Å². The van der Waals surface area contributed by atoms with E-state index in [0.29, 0.717) is 5.69 Å². The molecule has 0 bridgehead atoms. The quantitative estimate of drug-likeness (QED) is 0.588. The van der Waals surface area contributed by atoms with Crippen LogP contribution in [0.1, 0.15) is 12.5 Å². The number of nitrogens with zero attached hydrogens (tertiary/aromatic N) is 1. The number of aliphatic carboxylic acids is 1. The molecule has 0 spiro atoms. The molecule has 0 aliphatic heterocycles. The van der Waals surface area contributed by atoms with Gasteiger partial charge in [-0.1, -0.05) is 12.1 Å². The Morgan fingerprint density at radius 3 is 2.32 bits per heavy atom. The van der Waals surface area contributed by atoms with E-state index >= 15 is 0 Å². The molecule has 1 atom stereocenters. The van der Waals surface area contributed by atoms with Crippen molar-refractivity contribution in [3.8, 4) is 0 Å². The summed E-state index contributed by atoms with van der Waals surface area (Å²) in [5.74, 6) is -2.31. The molecule has 100 valence electrons. The third-order valence-electron chi connectivity index (χ3n) is 2.47. The lowest BCUT2D eigenvalue weighted by Crippen LogP contribution is -2.20. The van der Waals surface area contributed by atoms with Crippen LogP contribution in [0.25, 0.3) is 0 Å². The first-order valence-corrected chi connectivity index (χ1v) is 5.53. The maximum Gasteiger partial charge on any atom is 0.328 e. The molecule has 0 aromatic heterocycles. The monoisotopic (exact) mass is 262 g/mol. The minimum atomic E-state index is -1.04. The number of ketones is 1. The summed E-state index contributed by atoms with van der Waals surface area (Å²) in [4.78, 5) is 36.2. The molecule has 6 nitrogen and oxygen atoms in total. The number of hydrogen-bond acceptors (Lipinski definition) is 4. The Kier molecular flexibility index (Phi) is 4.93. The van der Waals surface area contributed by atoms with Gasteiger partial charge in [-0.05, 0) is 24.4 Å². The second-order valence-corrected chi connectivity index (χ2v) is 3.95. The van der Waals surface area contributed by atoms with Gasteiger partial charge in [-0.2, -0.15) is 0 Å². The van der Waals surface area contributed by atoms with E-state index in [4.69, 9.17) is 5.11 Å². The Morgan fingerprint density at radius 2 is 1.89 bits per heavy atom. The fraction of sp³-hybridized carbons (Fsp3) is 0.231. The molecule has 0 unspecified atom stereocenters. The van der Waals surface area contributed by atoms with E-state index in [9.17, 15) is 14.4 Å². The van der Waals surface area contributed by atoms with Crippen LogP contribution in [0.4, 0.5) is 5.69 Å². The van der Waals surface area contributed by atoms with Crippen LogP contribution in [-0.4, -0.2) is 35.5 Å². The smallest absolute Gasteiger partial charge is 0.328 e. The number of Topliss-reactive ketones (excluding diaryl/α,β-unsaturated/α-hetero) is 1. The van der Waals surface area contributed by atoms with Gasteiger partial charge in [-0.15, -0.1) is 0 Å². The van der Waals surface area contributed by atoms with Gasteiger partial charge in [0, 0.05) is 19.0 Å². The number of rotatable bonds is 6. The SMILES string of the molecule is C=N[C@@H](Cc1ccc(NC(=O)C(C)=O)cc1)C(=O)O. The van der Waals surface area contributed by atoms with Crippen molar-refractivity contribution in [2.75, 3.05) is 5.32 Å². The van der Waals surface area contributed by atoms with Crippen LogP contribution in [-0.2, 0) is 20.8 Å². The number of aliphatic imine (C=N–C) groups is 1. The maximum atomic E-state index is 11.1. The average Bonchev–Trinajstić information content (AvgIpc) is 2.37. The number of anilines is 1. The molecule has 6 heteroatoms. The van der Waals surface area contributed by atoms with E-state index in [2.05, 4.69) is 17.0 Å². The number of carbonyl (C=O) groups is 3. The number of nitrogens with one attached hydrogen (secondary N) is 1. The Morgan fingerprint density at radius 1 is 1.32 bits per heavy atom. The molecular weight excluding hydrogens is 248 g/mol. The summed E-state index contributed by atoms with van der Waals surface area (Å²) >= 11 is 0. The van der Waals surface area contributed by atoms with Gasteiger partial charge in [0.1, 0.15) is 0 Å². The van der Waals surface area contributed by atoms with Crippen LogP contribution in [0.3, 0.4) is 0 Å². The van der Waals surface area contributed by atoms with E-state index in [1.807, 2.05) is 0 Å². The zero-order valence-electron chi connectivity index (χ0n) is 10.4. The molecule has 0 radical (unpaired) electrons. The first-order chi connectivity index (χ1) is 8.93. The van der Waals surface area contributed by atoms with Gasteiger partial charge in [0.15, 0.2) is 6.04 Å². The third-order valence-corrected chi connectivity index (χ3v) is 2.47. The van der Waals surface area contributed by atoms with Crippen molar-refractivity contribution in [3.05, 3.63) is 29.8 Å². The summed E-state index contributed by atoms with van der Waals surface area (Å²) in [6.07, 6.45) is 0.222. The van der Waals surface area contributed by atoms with Crippen molar-refractivity contribution in [1.82, 2.24) is 0 Å². The number of amides is 1. The lowest BCUT2D eigenvalue weighted by atomic mass is 10.1. The second-order valence-electron chi connectivity index (χ2n) is 3.95. The largest absolute Gasteiger partial charge is 0.480 e. The summed E-state index contributed by atoms with van der Waals surface area (Å²) in [6, 6.07) is 5.63. The molecule has 0 heterocycles. The fourth-order valence-corrected chi connectivity index (χ4v) is 1.40. The van der Waals surface area contributed by atoms with E-state index < -0.39 is 23.7 Å².